The van der Waals surface area contributed by atoms with E-state index < -0.39 is 22.7 Å². The number of carbonyl (C=O) groups excluding carboxylic acids is 3. The molecule has 3 aliphatic rings. The van der Waals surface area contributed by atoms with E-state index in [1.165, 1.54) is 0 Å². The van der Waals surface area contributed by atoms with Crippen LogP contribution in [0, 0.1) is 11.3 Å². The molecule has 0 radical (unpaired) electrons. The smallest absolute Gasteiger partial charge is 0.237 e. The normalized spacial score (nSPS) is 25.1. The van der Waals surface area contributed by atoms with Crippen LogP contribution in [0.2, 0.25) is 5.02 Å². The maximum Gasteiger partial charge on any atom is 0.237 e. The molecule has 40 heavy (non-hydrogen) atoms. The Balaban J connectivity index is 1.36. The van der Waals surface area contributed by atoms with Gasteiger partial charge in [-0.3, -0.25) is 14.4 Å². The van der Waals surface area contributed by atoms with Crippen LogP contribution in [0.1, 0.15) is 51.5 Å². The van der Waals surface area contributed by atoms with Gasteiger partial charge in [0.05, 0.1) is 21.8 Å². The number of ether oxygens (including phenoxy) is 1. The van der Waals surface area contributed by atoms with Gasteiger partial charge in [0.1, 0.15) is 12.4 Å². The van der Waals surface area contributed by atoms with Crippen LogP contribution in [0.25, 0.3) is 0 Å². The van der Waals surface area contributed by atoms with Crippen LogP contribution in [0.5, 0.6) is 5.75 Å². The molecule has 2 aromatic carbocycles. The second-order valence-electron chi connectivity index (χ2n) is 11.9. The SMILES string of the molecule is CNC1CCC(C(N)=O)([C@@H](COc2ccccc2Cl)C(=O)N2CCC(N3C(=O)C(C)(C)c4ccccc43)CC2)C1. The summed E-state index contributed by atoms with van der Waals surface area (Å²) in [4.78, 5) is 44.5. The van der Waals surface area contributed by atoms with Gasteiger partial charge in [-0.05, 0) is 76.8 Å². The van der Waals surface area contributed by atoms with E-state index in [-0.39, 0.29) is 30.5 Å². The number of fused-ring (bicyclic) bond motifs is 1. The molecule has 0 bridgehead atoms. The number of primary amides is 1. The van der Waals surface area contributed by atoms with Crippen molar-refractivity contribution >= 4 is 35.0 Å². The van der Waals surface area contributed by atoms with Crippen LogP contribution in [0.15, 0.2) is 48.5 Å². The van der Waals surface area contributed by atoms with Gasteiger partial charge < -0.3 is 25.6 Å². The standard InChI is InChI=1S/C31H39ClN4O4/c1-30(2)22-8-4-6-10-25(22)36(29(30)39)21-13-16-35(17-14-21)27(37)23(19-40-26-11-7-5-9-24(26)32)31(28(33)38)15-12-20(18-31)34-3/h4-11,20-21,23,34H,12-19H2,1-3H3,(H2,33,38)/t20?,23-,31?/m0/s1. The summed E-state index contributed by atoms with van der Waals surface area (Å²) in [5, 5.41) is 3.70. The third-order valence-electron chi connectivity index (χ3n) is 9.39. The third kappa shape index (κ3) is 4.85. The van der Waals surface area contributed by atoms with Crippen molar-refractivity contribution < 1.29 is 19.1 Å². The van der Waals surface area contributed by atoms with Gasteiger partial charge in [-0.2, -0.15) is 0 Å². The molecule has 0 aromatic heterocycles. The summed E-state index contributed by atoms with van der Waals surface area (Å²) in [5.74, 6) is -0.778. The maximum absolute atomic E-state index is 14.2. The fourth-order valence-electron chi connectivity index (χ4n) is 6.90. The Bertz CT molecular complexity index is 1290. The van der Waals surface area contributed by atoms with E-state index in [0.717, 1.165) is 17.7 Å². The molecule has 1 aliphatic carbocycles. The minimum atomic E-state index is -1.02. The minimum absolute atomic E-state index is 0.00236. The van der Waals surface area contributed by atoms with Crippen LogP contribution in [0.3, 0.4) is 0 Å². The van der Waals surface area contributed by atoms with Crippen LogP contribution in [-0.4, -0.2) is 61.4 Å². The molecule has 2 fully saturated rings. The topological polar surface area (TPSA) is 105 Å². The fourth-order valence-corrected chi connectivity index (χ4v) is 7.09. The molecule has 5 rings (SSSR count). The van der Waals surface area contributed by atoms with Crippen molar-refractivity contribution in [2.24, 2.45) is 17.1 Å². The van der Waals surface area contributed by atoms with E-state index in [9.17, 15) is 14.4 Å². The van der Waals surface area contributed by atoms with Gasteiger partial charge in [0.2, 0.25) is 17.7 Å². The quantitative estimate of drug-likeness (QED) is 0.504. The molecule has 8 nitrogen and oxygen atoms in total. The van der Waals surface area contributed by atoms with Crippen molar-refractivity contribution in [3.05, 3.63) is 59.1 Å². The number of halogens is 1. The zero-order chi connectivity index (χ0) is 28.7. The number of rotatable bonds is 8. The monoisotopic (exact) mass is 566 g/mol. The lowest BCUT2D eigenvalue weighted by Crippen LogP contribution is -2.55. The van der Waals surface area contributed by atoms with Gasteiger partial charge in [-0.1, -0.05) is 41.9 Å². The number of nitrogens with one attached hydrogen (secondary N) is 1. The highest BCUT2D eigenvalue weighted by Gasteiger charge is 2.54. The Morgan fingerprint density at radius 2 is 1.77 bits per heavy atom. The zero-order valence-corrected chi connectivity index (χ0v) is 24.2. The number of nitrogens with two attached hydrogens (primary N) is 1. The summed E-state index contributed by atoms with van der Waals surface area (Å²) in [6.45, 7) is 4.93. The summed E-state index contributed by atoms with van der Waals surface area (Å²) < 4.78 is 6.09. The van der Waals surface area contributed by atoms with Crippen molar-refractivity contribution in [1.29, 1.82) is 0 Å². The maximum atomic E-state index is 14.2. The summed E-state index contributed by atoms with van der Waals surface area (Å²) >= 11 is 6.33. The average Bonchev–Trinajstić information content (AvgIpc) is 3.48. The second kappa shape index (κ2) is 11.1. The molecule has 1 saturated carbocycles. The Kier molecular flexibility index (Phi) is 7.86. The number of likely N-dealkylation sites (tertiary alicyclic amines) is 1. The van der Waals surface area contributed by atoms with Crippen molar-refractivity contribution in [2.75, 3.05) is 31.6 Å². The van der Waals surface area contributed by atoms with Crippen LogP contribution in [-0.2, 0) is 19.8 Å². The molecular weight excluding hydrogens is 528 g/mol. The first-order chi connectivity index (χ1) is 19.1. The van der Waals surface area contributed by atoms with E-state index in [4.69, 9.17) is 22.1 Å². The summed E-state index contributed by atoms with van der Waals surface area (Å²) in [5.41, 5.74) is 6.45. The molecule has 0 spiro atoms. The molecule has 3 atom stereocenters. The van der Waals surface area contributed by atoms with Gasteiger partial charge >= 0.3 is 0 Å². The molecule has 1 saturated heterocycles. The highest BCUT2D eigenvalue weighted by molar-refractivity contribution is 6.32. The number of hydrogen-bond donors (Lipinski definition) is 2. The number of anilines is 1. The van der Waals surface area contributed by atoms with Crippen molar-refractivity contribution in [2.45, 2.75) is 63.5 Å². The van der Waals surface area contributed by atoms with Crippen LogP contribution in [0.4, 0.5) is 5.69 Å². The van der Waals surface area contributed by atoms with Gasteiger partial charge in [-0.25, -0.2) is 0 Å². The van der Waals surface area contributed by atoms with Gasteiger partial charge in [0.25, 0.3) is 0 Å². The average molecular weight is 567 g/mol. The molecule has 214 valence electrons. The van der Waals surface area contributed by atoms with E-state index in [2.05, 4.69) is 5.32 Å². The summed E-state index contributed by atoms with van der Waals surface area (Å²) in [6, 6.07) is 15.2. The van der Waals surface area contributed by atoms with E-state index in [1.54, 1.807) is 12.1 Å². The molecular formula is C31H39ClN4O4. The Morgan fingerprint density at radius 3 is 2.42 bits per heavy atom. The highest BCUT2D eigenvalue weighted by atomic mass is 35.5. The van der Waals surface area contributed by atoms with E-state index in [1.807, 2.05) is 67.1 Å². The number of hydrogen-bond acceptors (Lipinski definition) is 5. The number of amides is 3. The molecule has 9 heteroatoms. The predicted molar refractivity (Wildman–Crippen MR) is 155 cm³/mol. The van der Waals surface area contributed by atoms with Crippen molar-refractivity contribution in [3.8, 4) is 5.75 Å². The predicted octanol–water partition coefficient (Wildman–Crippen LogP) is 3.89. The molecule has 2 aromatic rings. The lowest BCUT2D eigenvalue weighted by Gasteiger charge is -2.41. The number of nitrogens with zero attached hydrogens (tertiary/aromatic N) is 2. The highest BCUT2D eigenvalue weighted by Crippen LogP contribution is 2.47. The lowest BCUT2D eigenvalue weighted by molar-refractivity contribution is -0.149. The Morgan fingerprint density at radius 1 is 1.10 bits per heavy atom. The third-order valence-corrected chi connectivity index (χ3v) is 9.70. The fraction of sp³-hybridized carbons (Fsp3) is 0.516. The second-order valence-corrected chi connectivity index (χ2v) is 12.3. The van der Waals surface area contributed by atoms with Crippen LogP contribution >= 0.6 is 11.6 Å². The number of carbonyl (C=O) groups is 3. The minimum Gasteiger partial charge on any atom is -0.491 e. The molecule has 3 N–H and O–H groups in total. The largest absolute Gasteiger partial charge is 0.491 e. The molecule has 2 unspecified atom stereocenters. The van der Waals surface area contributed by atoms with Gasteiger partial charge in [0.15, 0.2) is 0 Å². The Hall–Kier alpha value is -3.10. The lowest BCUT2D eigenvalue weighted by atomic mass is 9.72. The Labute approximate surface area is 241 Å². The molecule has 3 amide bonds. The zero-order valence-electron chi connectivity index (χ0n) is 23.5. The number of piperidine rings is 1. The van der Waals surface area contributed by atoms with E-state index in [0.29, 0.717) is 49.5 Å². The summed E-state index contributed by atoms with van der Waals surface area (Å²) in [6.07, 6.45) is 3.06. The van der Waals surface area contributed by atoms with Crippen molar-refractivity contribution in [1.82, 2.24) is 10.2 Å². The first-order valence-corrected chi connectivity index (χ1v) is 14.5. The number of para-hydroxylation sites is 2. The van der Waals surface area contributed by atoms with Gasteiger partial charge in [-0.15, -0.1) is 0 Å². The first-order valence-electron chi connectivity index (χ1n) is 14.2. The van der Waals surface area contributed by atoms with Crippen molar-refractivity contribution in [3.63, 3.8) is 0 Å². The number of benzene rings is 2. The first kappa shape index (κ1) is 28.4. The molecule has 2 heterocycles. The summed E-state index contributed by atoms with van der Waals surface area (Å²) in [7, 11) is 1.86. The van der Waals surface area contributed by atoms with Gasteiger partial charge in [0, 0.05) is 30.9 Å². The molecule has 2 aliphatic heterocycles. The van der Waals surface area contributed by atoms with Crippen LogP contribution < -0.4 is 20.7 Å². The van der Waals surface area contributed by atoms with E-state index >= 15 is 0 Å².